The van der Waals surface area contributed by atoms with Crippen LogP contribution in [0.25, 0.3) is 0 Å². The van der Waals surface area contributed by atoms with Crippen molar-refractivity contribution < 1.29 is 32.3 Å². The average molecular weight is 344 g/mol. The van der Waals surface area contributed by atoms with E-state index in [0.717, 1.165) is 25.0 Å². The maximum absolute atomic E-state index is 12.6. The lowest BCUT2D eigenvalue weighted by Crippen LogP contribution is -2.42. The van der Waals surface area contributed by atoms with Crippen LogP contribution in [0.4, 0.5) is 18.0 Å². The Kier molecular flexibility index (Phi) is 5.42. The molecule has 0 spiro atoms. The van der Waals surface area contributed by atoms with E-state index in [1.165, 1.54) is 12.1 Å². The van der Waals surface area contributed by atoms with Crippen molar-refractivity contribution in [3.05, 3.63) is 35.4 Å². The highest BCUT2D eigenvalue weighted by Gasteiger charge is 2.30. The average Bonchev–Trinajstić information content (AvgIpc) is 3.28. The summed E-state index contributed by atoms with van der Waals surface area (Å²) in [6, 6.07) is 3.66. The van der Waals surface area contributed by atoms with E-state index in [1.807, 2.05) is 5.32 Å². The Bertz CT molecular complexity index is 642. The maximum atomic E-state index is 12.6. The Labute approximate surface area is 135 Å². The summed E-state index contributed by atoms with van der Waals surface area (Å²) in [6.07, 6.45) is -3.21. The van der Waals surface area contributed by atoms with Gasteiger partial charge in [0.25, 0.3) is 5.91 Å². The van der Waals surface area contributed by atoms with Crippen molar-refractivity contribution >= 4 is 17.9 Å². The second-order valence-electron chi connectivity index (χ2n) is 5.33. The minimum absolute atomic E-state index is 0.0706. The number of benzene rings is 1. The minimum Gasteiger partial charge on any atom is -0.455 e. The number of amides is 3. The molecule has 0 unspecified atom stereocenters. The van der Waals surface area contributed by atoms with E-state index in [4.69, 9.17) is 0 Å². The van der Waals surface area contributed by atoms with Gasteiger partial charge in [-0.3, -0.25) is 14.9 Å². The smallest absolute Gasteiger partial charge is 0.416 e. The summed E-state index contributed by atoms with van der Waals surface area (Å²) >= 11 is 0. The molecule has 24 heavy (non-hydrogen) atoms. The molecule has 1 aromatic carbocycles. The van der Waals surface area contributed by atoms with Crippen molar-refractivity contribution in [2.75, 3.05) is 6.61 Å². The van der Waals surface area contributed by atoms with Crippen molar-refractivity contribution in [1.29, 1.82) is 0 Å². The fraction of sp³-hybridized carbons (Fsp3) is 0.400. The van der Waals surface area contributed by atoms with Crippen LogP contribution >= 0.6 is 0 Å². The third-order valence-corrected chi connectivity index (χ3v) is 3.13. The van der Waals surface area contributed by atoms with E-state index in [9.17, 15) is 27.6 Å². The second kappa shape index (κ2) is 7.33. The molecule has 130 valence electrons. The molecule has 0 atom stereocenters. The van der Waals surface area contributed by atoms with Gasteiger partial charge in [-0.1, -0.05) is 18.2 Å². The molecular weight excluding hydrogens is 329 g/mol. The molecule has 6 nitrogen and oxygen atoms in total. The number of hydrogen-bond acceptors (Lipinski definition) is 4. The van der Waals surface area contributed by atoms with Crippen molar-refractivity contribution in [3.63, 3.8) is 0 Å². The summed E-state index contributed by atoms with van der Waals surface area (Å²) in [7, 11) is 0. The number of alkyl halides is 3. The number of rotatable bonds is 5. The molecule has 1 aliphatic carbocycles. The Morgan fingerprint density at radius 2 is 1.92 bits per heavy atom. The van der Waals surface area contributed by atoms with Gasteiger partial charge >= 0.3 is 18.2 Å². The Morgan fingerprint density at radius 1 is 1.21 bits per heavy atom. The molecule has 9 heteroatoms. The van der Waals surface area contributed by atoms with Crippen LogP contribution in [0.2, 0.25) is 0 Å². The first-order chi connectivity index (χ1) is 11.2. The van der Waals surface area contributed by atoms with Crippen LogP contribution < -0.4 is 10.6 Å². The minimum atomic E-state index is -4.51. The number of ether oxygens (including phenoxy) is 1. The lowest BCUT2D eigenvalue weighted by molar-refractivity contribution is -0.147. The van der Waals surface area contributed by atoms with Crippen LogP contribution in [0, 0.1) is 0 Å². The Balaban J connectivity index is 1.76. The summed E-state index contributed by atoms with van der Waals surface area (Å²) in [5.41, 5.74) is -0.760. The van der Waals surface area contributed by atoms with E-state index in [1.54, 1.807) is 0 Å². The number of imide groups is 1. The summed E-state index contributed by atoms with van der Waals surface area (Å²) in [5, 5.41) is 4.50. The van der Waals surface area contributed by atoms with Gasteiger partial charge < -0.3 is 10.1 Å². The van der Waals surface area contributed by atoms with Crippen LogP contribution in [-0.2, 0) is 26.9 Å². The van der Waals surface area contributed by atoms with Gasteiger partial charge in [0.15, 0.2) is 6.61 Å². The third-order valence-electron chi connectivity index (χ3n) is 3.13. The summed E-state index contributed by atoms with van der Waals surface area (Å²) in [6.45, 7) is -0.685. The van der Waals surface area contributed by atoms with Gasteiger partial charge in [0.2, 0.25) is 0 Å². The van der Waals surface area contributed by atoms with Crippen LogP contribution in [0.3, 0.4) is 0 Å². The molecule has 3 amide bonds. The van der Waals surface area contributed by atoms with Crippen LogP contribution in [-0.4, -0.2) is 30.6 Å². The van der Waals surface area contributed by atoms with E-state index in [0.29, 0.717) is 0 Å². The molecule has 0 aromatic heterocycles. The van der Waals surface area contributed by atoms with E-state index in [-0.39, 0.29) is 11.6 Å². The molecular formula is C15H15F3N2O4. The third kappa shape index (κ3) is 5.90. The fourth-order valence-electron chi connectivity index (χ4n) is 1.83. The highest BCUT2D eigenvalue weighted by molar-refractivity contribution is 5.95. The SMILES string of the molecule is O=C(COC(=O)Cc1cccc(C(F)(F)F)c1)NC(=O)NC1CC1. The first kappa shape index (κ1) is 17.8. The normalized spacial score (nSPS) is 14.0. The van der Waals surface area contributed by atoms with Gasteiger partial charge in [-0.15, -0.1) is 0 Å². The number of hydrogen-bond donors (Lipinski definition) is 2. The molecule has 2 N–H and O–H groups in total. The molecule has 0 aliphatic heterocycles. The number of carbonyl (C=O) groups excluding carboxylic acids is 3. The lowest BCUT2D eigenvalue weighted by atomic mass is 10.1. The van der Waals surface area contributed by atoms with Crippen molar-refractivity contribution in [3.8, 4) is 0 Å². The molecule has 1 fully saturated rings. The summed E-state index contributed by atoms with van der Waals surface area (Å²) < 4.78 is 42.3. The predicted octanol–water partition coefficient (Wildman–Crippen LogP) is 1.78. The highest BCUT2D eigenvalue weighted by atomic mass is 19.4. The largest absolute Gasteiger partial charge is 0.455 e. The zero-order valence-corrected chi connectivity index (χ0v) is 12.5. The van der Waals surface area contributed by atoms with Gasteiger partial charge in [-0.05, 0) is 24.5 Å². The quantitative estimate of drug-likeness (QED) is 0.798. The van der Waals surface area contributed by atoms with E-state index in [2.05, 4.69) is 10.1 Å². The number of esters is 1. The van der Waals surface area contributed by atoms with Crippen molar-refractivity contribution in [2.24, 2.45) is 0 Å². The number of urea groups is 1. The topological polar surface area (TPSA) is 84.5 Å². The number of carbonyl (C=O) groups is 3. The van der Waals surface area contributed by atoms with Crippen molar-refractivity contribution in [1.82, 2.24) is 10.6 Å². The van der Waals surface area contributed by atoms with E-state index >= 15 is 0 Å². The monoisotopic (exact) mass is 344 g/mol. The first-order valence-corrected chi connectivity index (χ1v) is 7.16. The zero-order chi connectivity index (χ0) is 17.7. The fourth-order valence-corrected chi connectivity index (χ4v) is 1.83. The van der Waals surface area contributed by atoms with Crippen LogP contribution in [0.15, 0.2) is 24.3 Å². The van der Waals surface area contributed by atoms with Crippen LogP contribution in [0.1, 0.15) is 24.0 Å². The summed E-state index contributed by atoms with van der Waals surface area (Å²) in [4.78, 5) is 34.2. The van der Waals surface area contributed by atoms with Gasteiger partial charge in [0, 0.05) is 6.04 Å². The van der Waals surface area contributed by atoms with E-state index < -0.39 is 42.7 Å². The Hall–Kier alpha value is -2.58. The van der Waals surface area contributed by atoms with Gasteiger partial charge in [-0.2, -0.15) is 13.2 Å². The summed E-state index contributed by atoms with van der Waals surface area (Å²) in [5.74, 6) is -1.68. The Morgan fingerprint density at radius 3 is 2.54 bits per heavy atom. The van der Waals surface area contributed by atoms with Gasteiger partial charge in [0.05, 0.1) is 12.0 Å². The van der Waals surface area contributed by atoms with Crippen LogP contribution in [0.5, 0.6) is 0 Å². The second-order valence-corrected chi connectivity index (χ2v) is 5.33. The predicted molar refractivity (Wildman–Crippen MR) is 75.8 cm³/mol. The maximum Gasteiger partial charge on any atom is 0.416 e. The molecule has 2 rings (SSSR count). The van der Waals surface area contributed by atoms with Crippen molar-refractivity contribution in [2.45, 2.75) is 31.5 Å². The first-order valence-electron chi connectivity index (χ1n) is 7.16. The number of nitrogens with one attached hydrogen (secondary N) is 2. The molecule has 1 saturated carbocycles. The molecule has 0 saturated heterocycles. The molecule has 0 radical (unpaired) electrons. The lowest BCUT2D eigenvalue weighted by Gasteiger charge is -2.09. The molecule has 1 aromatic rings. The zero-order valence-electron chi connectivity index (χ0n) is 12.5. The molecule has 0 heterocycles. The van der Waals surface area contributed by atoms with Gasteiger partial charge in [-0.25, -0.2) is 4.79 Å². The molecule has 0 bridgehead atoms. The molecule has 1 aliphatic rings. The highest BCUT2D eigenvalue weighted by Crippen LogP contribution is 2.29. The standard InChI is InChI=1S/C15H15F3N2O4/c16-15(17,18)10-3-1-2-9(6-10)7-13(22)24-8-12(21)20-14(23)19-11-4-5-11/h1-3,6,11H,4-5,7-8H2,(H2,19,20,21,23). The van der Waals surface area contributed by atoms with Gasteiger partial charge in [0.1, 0.15) is 0 Å². The number of halogens is 3.